The van der Waals surface area contributed by atoms with Crippen molar-refractivity contribution in [3.05, 3.63) is 35.4 Å². The minimum atomic E-state index is -0.473. The Morgan fingerprint density at radius 2 is 1.94 bits per heavy atom. The van der Waals surface area contributed by atoms with Crippen LogP contribution in [0.25, 0.3) is 0 Å². The molecule has 0 saturated carbocycles. The largest absolute Gasteiger partial charge is 0.465 e. The summed E-state index contributed by atoms with van der Waals surface area (Å²) in [6.45, 7) is 2.25. The van der Waals surface area contributed by atoms with Crippen LogP contribution in [0.4, 0.5) is 0 Å². The predicted octanol–water partition coefficient (Wildman–Crippen LogP) is 0.827. The standard InChI is InChI=1S/C13H18N2O3/c1-3-11(14)12(16)15-8-9-4-6-10(7-5-9)13(17)18-2/h4-7,11H,3,8,14H2,1-2H3,(H,15,16)/t11-/m1/s1. The van der Waals surface area contributed by atoms with E-state index in [1.54, 1.807) is 24.3 Å². The Balaban J connectivity index is 2.54. The molecule has 5 heteroatoms. The van der Waals surface area contributed by atoms with Gasteiger partial charge >= 0.3 is 5.97 Å². The molecule has 0 aliphatic carbocycles. The summed E-state index contributed by atoms with van der Waals surface area (Å²) in [6, 6.07) is 6.38. The first-order valence-corrected chi connectivity index (χ1v) is 5.79. The molecule has 0 aliphatic rings. The molecule has 0 heterocycles. The number of ether oxygens (including phenoxy) is 1. The van der Waals surface area contributed by atoms with E-state index in [-0.39, 0.29) is 11.9 Å². The molecule has 0 aromatic heterocycles. The smallest absolute Gasteiger partial charge is 0.337 e. The molecular weight excluding hydrogens is 232 g/mol. The van der Waals surface area contributed by atoms with Gasteiger partial charge in [0.05, 0.1) is 18.7 Å². The lowest BCUT2D eigenvalue weighted by atomic mass is 10.1. The molecule has 0 fully saturated rings. The second-order valence-electron chi connectivity index (χ2n) is 3.92. The van der Waals surface area contributed by atoms with Gasteiger partial charge in [-0.3, -0.25) is 4.79 Å². The van der Waals surface area contributed by atoms with Crippen LogP contribution in [-0.4, -0.2) is 25.0 Å². The number of hydrogen-bond acceptors (Lipinski definition) is 4. The average Bonchev–Trinajstić information content (AvgIpc) is 2.43. The molecule has 98 valence electrons. The normalized spacial score (nSPS) is 11.7. The summed E-state index contributed by atoms with van der Waals surface area (Å²) >= 11 is 0. The van der Waals surface area contributed by atoms with Crippen LogP contribution in [0.1, 0.15) is 29.3 Å². The number of rotatable bonds is 5. The van der Waals surface area contributed by atoms with Crippen molar-refractivity contribution in [2.75, 3.05) is 7.11 Å². The number of nitrogens with two attached hydrogens (primary N) is 1. The summed E-state index contributed by atoms with van der Waals surface area (Å²) in [5.74, 6) is -0.548. The highest BCUT2D eigenvalue weighted by atomic mass is 16.5. The van der Waals surface area contributed by atoms with E-state index in [0.29, 0.717) is 18.5 Å². The summed E-state index contributed by atoms with van der Waals surface area (Å²) in [4.78, 5) is 22.7. The maximum Gasteiger partial charge on any atom is 0.337 e. The molecule has 0 unspecified atom stereocenters. The van der Waals surface area contributed by atoms with Crippen molar-refractivity contribution in [2.24, 2.45) is 5.73 Å². The second-order valence-corrected chi connectivity index (χ2v) is 3.92. The van der Waals surface area contributed by atoms with Crippen LogP contribution in [0.5, 0.6) is 0 Å². The van der Waals surface area contributed by atoms with Gasteiger partial charge in [-0.2, -0.15) is 0 Å². The van der Waals surface area contributed by atoms with Crippen LogP contribution >= 0.6 is 0 Å². The number of carbonyl (C=O) groups excluding carboxylic acids is 2. The number of benzene rings is 1. The summed E-state index contributed by atoms with van der Waals surface area (Å²) in [5, 5.41) is 2.73. The highest BCUT2D eigenvalue weighted by Crippen LogP contribution is 2.05. The topological polar surface area (TPSA) is 81.4 Å². The lowest BCUT2D eigenvalue weighted by Gasteiger charge is -2.10. The van der Waals surface area contributed by atoms with Crippen LogP contribution in [0.15, 0.2) is 24.3 Å². The minimum absolute atomic E-state index is 0.172. The Bertz CT molecular complexity index is 415. The van der Waals surface area contributed by atoms with Crippen LogP contribution in [0, 0.1) is 0 Å². The van der Waals surface area contributed by atoms with E-state index in [1.165, 1.54) is 7.11 Å². The van der Waals surface area contributed by atoms with E-state index in [9.17, 15) is 9.59 Å². The Morgan fingerprint density at radius 3 is 2.44 bits per heavy atom. The Kier molecular flexibility index (Phi) is 5.32. The molecule has 0 bridgehead atoms. The van der Waals surface area contributed by atoms with Crippen molar-refractivity contribution in [1.29, 1.82) is 0 Å². The van der Waals surface area contributed by atoms with Gasteiger partial charge < -0.3 is 15.8 Å². The fourth-order valence-electron chi connectivity index (χ4n) is 1.38. The zero-order chi connectivity index (χ0) is 13.5. The molecule has 18 heavy (non-hydrogen) atoms. The van der Waals surface area contributed by atoms with Crippen molar-refractivity contribution >= 4 is 11.9 Å². The SMILES string of the molecule is CC[C@@H](N)C(=O)NCc1ccc(C(=O)OC)cc1. The third-order valence-electron chi connectivity index (χ3n) is 2.62. The lowest BCUT2D eigenvalue weighted by Crippen LogP contribution is -2.39. The third-order valence-corrected chi connectivity index (χ3v) is 2.62. The Morgan fingerprint density at radius 1 is 1.33 bits per heavy atom. The van der Waals surface area contributed by atoms with Gasteiger partial charge in [0.2, 0.25) is 5.91 Å². The van der Waals surface area contributed by atoms with Gasteiger partial charge in [0.25, 0.3) is 0 Å². The van der Waals surface area contributed by atoms with Crippen molar-refractivity contribution in [3.8, 4) is 0 Å². The molecule has 1 rings (SSSR count). The molecule has 0 radical (unpaired) electrons. The van der Waals surface area contributed by atoms with Crippen LogP contribution < -0.4 is 11.1 Å². The van der Waals surface area contributed by atoms with Crippen LogP contribution in [0.3, 0.4) is 0 Å². The quantitative estimate of drug-likeness (QED) is 0.758. The van der Waals surface area contributed by atoms with E-state index in [4.69, 9.17) is 5.73 Å². The van der Waals surface area contributed by atoms with Gasteiger partial charge in [0.15, 0.2) is 0 Å². The monoisotopic (exact) mass is 250 g/mol. The fourth-order valence-corrected chi connectivity index (χ4v) is 1.38. The molecule has 1 atom stereocenters. The second kappa shape index (κ2) is 6.76. The number of carbonyl (C=O) groups is 2. The maximum absolute atomic E-state index is 11.5. The van der Waals surface area contributed by atoms with Crippen molar-refractivity contribution in [3.63, 3.8) is 0 Å². The fraction of sp³-hybridized carbons (Fsp3) is 0.385. The highest BCUT2D eigenvalue weighted by Gasteiger charge is 2.10. The number of amides is 1. The summed E-state index contributed by atoms with van der Waals surface area (Å²) in [7, 11) is 1.34. The maximum atomic E-state index is 11.5. The van der Waals surface area contributed by atoms with Crippen molar-refractivity contribution in [2.45, 2.75) is 25.9 Å². The summed E-state index contributed by atoms with van der Waals surface area (Å²) in [6.07, 6.45) is 0.604. The van der Waals surface area contributed by atoms with Gasteiger partial charge in [-0.1, -0.05) is 19.1 Å². The van der Waals surface area contributed by atoms with E-state index in [1.807, 2.05) is 6.92 Å². The number of nitrogens with one attached hydrogen (secondary N) is 1. The number of methoxy groups -OCH3 is 1. The summed E-state index contributed by atoms with van der Waals surface area (Å²) in [5.41, 5.74) is 6.98. The van der Waals surface area contributed by atoms with Gasteiger partial charge in [0.1, 0.15) is 0 Å². The Labute approximate surface area is 106 Å². The molecule has 3 N–H and O–H groups in total. The molecule has 1 aromatic rings. The zero-order valence-corrected chi connectivity index (χ0v) is 10.6. The number of hydrogen-bond donors (Lipinski definition) is 2. The van der Waals surface area contributed by atoms with Crippen molar-refractivity contribution in [1.82, 2.24) is 5.32 Å². The predicted molar refractivity (Wildman–Crippen MR) is 67.9 cm³/mol. The average molecular weight is 250 g/mol. The molecule has 5 nitrogen and oxygen atoms in total. The zero-order valence-electron chi connectivity index (χ0n) is 10.6. The molecule has 0 saturated heterocycles. The minimum Gasteiger partial charge on any atom is -0.465 e. The number of esters is 1. The highest BCUT2D eigenvalue weighted by molar-refractivity contribution is 5.89. The van der Waals surface area contributed by atoms with E-state index in [0.717, 1.165) is 5.56 Å². The lowest BCUT2D eigenvalue weighted by molar-refractivity contribution is -0.122. The molecule has 0 spiro atoms. The van der Waals surface area contributed by atoms with E-state index in [2.05, 4.69) is 10.1 Å². The third kappa shape index (κ3) is 3.85. The first-order valence-electron chi connectivity index (χ1n) is 5.79. The van der Waals surface area contributed by atoms with Crippen LogP contribution in [-0.2, 0) is 16.1 Å². The first-order chi connectivity index (χ1) is 8.58. The van der Waals surface area contributed by atoms with Gasteiger partial charge in [-0.15, -0.1) is 0 Å². The molecule has 1 aromatic carbocycles. The first kappa shape index (κ1) is 14.2. The summed E-state index contributed by atoms with van der Waals surface area (Å²) < 4.78 is 4.60. The van der Waals surface area contributed by atoms with Gasteiger partial charge in [-0.05, 0) is 24.1 Å². The van der Waals surface area contributed by atoms with Gasteiger partial charge in [-0.25, -0.2) is 4.79 Å². The van der Waals surface area contributed by atoms with Crippen LogP contribution in [0.2, 0.25) is 0 Å². The van der Waals surface area contributed by atoms with Gasteiger partial charge in [0, 0.05) is 6.54 Å². The molecule has 0 aliphatic heterocycles. The molecule has 1 amide bonds. The van der Waals surface area contributed by atoms with E-state index >= 15 is 0 Å². The Hall–Kier alpha value is -1.88. The van der Waals surface area contributed by atoms with Crippen molar-refractivity contribution < 1.29 is 14.3 Å². The molecular formula is C13H18N2O3. The van der Waals surface area contributed by atoms with E-state index < -0.39 is 6.04 Å².